The second-order valence-corrected chi connectivity index (χ2v) is 8.67. The van der Waals surface area contributed by atoms with Gasteiger partial charge in [-0.05, 0) is 50.8 Å². The molecular weight excluding hydrogens is 386 g/mol. The maximum absolute atomic E-state index is 13.8. The monoisotopic (exact) mass is 410 g/mol. The molecular formula is C23H24F2N4O. The fourth-order valence-electron chi connectivity index (χ4n) is 5.03. The highest BCUT2D eigenvalue weighted by Gasteiger charge is 2.38. The lowest BCUT2D eigenvalue weighted by Gasteiger charge is -2.33. The number of fused-ring (bicyclic) bond motifs is 3. The van der Waals surface area contributed by atoms with E-state index in [1.165, 1.54) is 0 Å². The predicted octanol–water partition coefficient (Wildman–Crippen LogP) is 5.49. The Morgan fingerprint density at radius 3 is 2.73 bits per heavy atom. The van der Waals surface area contributed by atoms with Gasteiger partial charge in [-0.1, -0.05) is 0 Å². The normalized spacial score (nSPS) is 24.9. The molecule has 2 fully saturated rings. The lowest BCUT2D eigenvalue weighted by Crippen LogP contribution is -2.29. The lowest BCUT2D eigenvalue weighted by atomic mass is 9.86. The van der Waals surface area contributed by atoms with Crippen LogP contribution >= 0.6 is 0 Å². The molecule has 7 heteroatoms. The molecule has 3 aromatic rings. The minimum Gasteiger partial charge on any atom is -0.378 e. The number of hydrogen-bond acceptors (Lipinski definition) is 4. The molecule has 3 heterocycles. The number of nitrogens with zero attached hydrogens (tertiary/aromatic N) is 4. The van der Waals surface area contributed by atoms with Crippen molar-refractivity contribution in [2.45, 2.75) is 69.4 Å². The number of alkyl halides is 2. The summed E-state index contributed by atoms with van der Waals surface area (Å²) in [6.07, 6.45) is 4.28. The third-order valence-corrected chi connectivity index (χ3v) is 6.58. The van der Waals surface area contributed by atoms with E-state index in [2.05, 4.69) is 22.5 Å². The molecule has 5 rings (SSSR count). The van der Waals surface area contributed by atoms with Crippen molar-refractivity contribution in [2.75, 3.05) is 6.61 Å². The van der Waals surface area contributed by atoms with Gasteiger partial charge < -0.3 is 9.30 Å². The van der Waals surface area contributed by atoms with E-state index in [4.69, 9.17) is 9.72 Å². The Kier molecular flexibility index (Phi) is 4.70. The quantitative estimate of drug-likeness (QED) is 0.560. The second-order valence-electron chi connectivity index (χ2n) is 8.67. The number of halogens is 2. The predicted molar refractivity (Wildman–Crippen MR) is 110 cm³/mol. The number of imidazole rings is 1. The van der Waals surface area contributed by atoms with Gasteiger partial charge in [0.1, 0.15) is 11.3 Å². The molecule has 1 aliphatic heterocycles. The Morgan fingerprint density at radius 1 is 1.20 bits per heavy atom. The van der Waals surface area contributed by atoms with E-state index in [1.54, 1.807) is 12.3 Å². The molecule has 2 atom stereocenters. The van der Waals surface area contributed by atoms with Crippen LogP contribution in [-0.2, 0) is 4.74 Å². The van der Waals surface area contributed by atoms with Crippen molar-refractivity contribution in [2.24, 2.45) is 0 Å². The van der Waals surface area contributed by atoms with Crippen molar-refractivity contribution in [3.63, 3.8) is 0 Å². The number of ether oxygens (including phenoxy) is 1. The summed E-state index contributed by atoms with van der Waals surface area (Å²) in [5.41, 5.74) is 3.11. The van der Waals surface area contributed by atoms with Crippen molar-refractivity contribution in [3.8, 4) is 6.07 Å². The molecule has 1 saturated carbocycles. The van der Waals surface area contributed by atoms with Gasteiger partial charge >= 0.3 is 0 Å². The zero-order chi connectivity index (χ0) is 20.9. The van der Waals surface area contributed by atoms with Gasteiger partial charge in [-0.25, -0.2) is 13.8 Å². The minimum absolute atomic E-state index is 0.00405. The van der Waals surface area contributed by atoms with E-state index in [0.717, 1.165) is 40.6 Å². The third-order valence-electron chi connectivity index (χ3n) is 6.58. The zero-order valence-corrected chi connectivity index (χ0v) is 16.9. The summed E-state index contributed by atoms with van der Waals surface area (Å²) in [5.74, 6) is -1.68. The Bertz CT molecular complexity index is 1140. The molecule has 1 aliphatic carbocycles. The fourth-order valence-corrected chi connectivity index (χ4v) is 5.03. The average Bonchev–Trinajstić information content (AvgIpc) is 3.13. The van der Waals surface area contributed by atoms with Gasteiger partial charge in [0.25, 0.3) is 0 Å². The van der Waals surface area contributed by atoms with Crippen LogP contribution in [0.5, 0.6) is 0 Å². The van der Waals surface area contributed by atoms with Crippen molar-refractivity contribution < 1.29 is 13.5 Å². The number of nitriles is 1. The Balaban J connectivity index is 1.72. The molecule has 0 N–H and O–H groups in total. The molecule has 0 bridgehead atoms. The first-order valence-corrected chi connectivity index (χ1v) is 10.7. The van der Waals surface area contributed by atoms with Crippen LogP contribution < -0.4 is 0 Å². The molecule has 1 unspecified atom stereocenters. The maximum Gasteiger partial charge on any atom is 0.248 e. The smallest absolute Gasteiger partial charge is 0.248 e. The molecule has 2 aliphatic rings. The summed E-state index contributed by atoms with van der Waals surface area (Å²) in [4.78, 5) is 9.46. The van der Waals surface area contributed by atoms with Crippen LogP contribution in [0.15, 0.2) is 24.4 Å². The van der Waals surface area contributed by atoms with E-state index in [0.29, 0.717) is 25.0 Å². The molecule has 156 valence electrons. The Labute approximate surface area is 173 Å². The number of pyridine rings is 1. The fraction of sp³-hybridized carbons (Fsp3) is 0.522. The van der Waals surface area contributed by atoms with Crippen molar-refractivity contribution in [1.29, 1.82) is 5.26 Å². The van der Waals surface area contributed by atoms with Gasteiger partial charge in [0.15, 0.2) is 0 Å². The van der Waals surface area contributed by atoms with E-state index < -0.39 is 5.92 Å². The van der Waals surface area contributed by atoms with Crippen LogP contribution in [0.2, 0.25) is 0 Å². The average molecular weight is 410 g/mol. The van der Waals surface area contributed by atoms with Crippen molar-refractivity contribution >= 4 is 21.9 Å². The van der Waals surface area contributed by atoms with Crippen LogP contribution in [0.1, 0.15) is 68.8 Å². The molecule has 0 amide bonds. The first-order chi connectivity index (χ1) is 14.4. The van der Waals surface area contributed by atoms with Crippen molar-refractivity contribution in [3.05, 3.63) is 35.8 Å². The summed E-state index contributed by atoms with van der Waals surface area (Å²) >= 11 is 0. The first-order valence-electron chi connectivity index (χ1n) is 10.7. The van der Waals surface area contributed by atoms with Gasteiger partial charge in [-0.2, -0.15) is 5.26 Å². The largest absolute Gasteiger partial charge is 0.378 e. The highest BCUT2D eigenvalue weighted by Crippen LogP contribution is 2.43. The van der Waals surface area contributed by atoms with Crippen LogP contribution in [0.4, 0.5) is 8.78 Å². The summed E-state index contributed by atoms with van der Waals surface area (Å²) in [6, 6.07) is 7.89. The maximum atomic E-state index is 13.8. The van der Waals surface area contributed by atoms with E-state index in [1.807, 2.05) is 12.1 Å². The van der Waals surface area contributed by atoms with Crippen LogP contribution in [0.25, 0.3) is 21.9 Å². The van der Waals surface area contributed by atoms with E-state index in [-0.39, 0.29) is 30.9 Å². The third kappa shape index (κ3) is 3.33. The van der Waals surface area contributed by atoms with Crippen molar-refractivity contribution in [1.82, 2.24) is 14.5 Å². The number of benzene rings is 1. The molecule has 5 nitrogen and oxygen atoms in total. The zero-order valence-electron chi connectivity index (χ0n) is 16.9. The number of rotatable bonds is 2. The van der Waals surface area contributed by atoms with E-state index in [9.17, 15) is 14.0 Å². The van der Waals surface area contributed by atoms with Gasteiger partial charge in [-0.3, -0.25) is 4.98 Å². The summed E-state index contributed by atoms with van der Waals surface area (Å²) in [5, 5.41) is 10.3. The van der Waals surface area contributed by atoms with Crippen LogP contribution in [0, 0.1) is 11.3 Å². The van der Waals surface area contributed by atoms with Crippen LogP contribution in [0.3, 0.4) is 0 Å². The lowest BCUT2D eigenvalue weighted by molar-refractivity contribution is -0.0393. The highest BCUT2D eigenvalue weighted by atomic mass is 19.3. The van der Waals surface area contributed by atoms with Gasteiger partial charge in [0.05, 0.1) is 35.0 Å². The van der Waals surface area contributed by atoms with Gasteiger partial charge in [0.2, 0.25) is 5.92 Å². The Hall–Kier alpha value is -2.59. The molecule has 1 aromatic carbocycles. The second kappa shape index (κ2) is 7.28. The van der Waals surface area contributed by atoms with Gasteiger partial charge in [-0.15, -0.1) is 0 Å². The highest BCUT2D eigenvalue weighted by molar-refractivity contribution is 6.03. The first kappa shape index (κ1) is 19.4. The number of hydrogen-bond donors (Lipinski definition) is 0. The standard InChI is InChI=1S/C23H24F2N4O/c1-14-10-17(6-9-30-14)29-21-18-11-15(12-26)2-3-19(18)27-13-20(21)28-22(29)16-4-7-23(24,25)8-5-16/h2-3,11,13-14,16-17H,4-10H2,1H3/t14-,17?/m1/s1. The molecule has 0 spiro atoms. The molecule has 2 aromatic heterocycles. The minimum atomic E-state index is -2.57. The van der Waals surface area contributed by atoms with Gasteiger partial charge in [0, 0.05) is 36.8 Å². The molecule has 1 saturated heterocycles. The summed E-state index contributed by atoms with van der Waals surface area (Å²) in [6.45, 7) is 2.74. The molecule has 0 radical (unpaired) electrons. The summed E-state index contributed by atoms with van der Waals surface area (Å²) in [7, 11) is 0. The number of aromatic nitrogens is 3. The SMILES string of the molecule is C[C@@H]1CC(n2c(C3CCC(F)(F)CC3)nc3cnc4ccc(C#N)cc4c32)CCO1. The Morgan fingerprint density at radius 2 is 2.00 bits per heavy atom. The molecule has 30 heavy (non-hydrogen) atoms. The topological polar surface area (TPSA) is 63.7 Å². The van der Waals surface area contributed by atoms with E-state index >= 15 is 0 Å². The van der Waals surface area contributed by atoms with Crippen LogP contribution in [-0.4, -0.2) is 33.2 Å². The summed E-state index contributed by atoms with van der Waals surface area (Å²) < 4.78 is 35.7.